The summed E-state index contributed by atoms with van der Waals surface area (Å²) in [5.74, 6) is 0.272. The van der Waals surface area contributed by atoms with Crippen molar-refractivity contribution in [3.8, 4) is 17.0 Å². The number of pyridine rings is 1. The van der Waals surface area contributed by atoms with Crippen LogP contribution in [0.2, 0.25) is 0 Å². The second kappa shape index (κ2) is 9.42. The summed E-state index contributed by atoms with van der Waals surface area (Å²) in [6.07, 6.45) is 4.91. The number of benzene rings is 1. The van der Waals surface area contributed by atoms with Crippen LogP contribution < -0.4 is 10.1 Å². The Morgan fingerprint density at radius 2 is 2.10 bits per heavy atom. The van der Waals surface area contributed by atoms with Gasteiger partial charge in [-0.05, 0) is 62.2 Å². The fourth-order valence-corrected chi connectivity index (χ4v) is 3.68. The van der Waals surface area contributed by atoms with Gasteiger partial charge in [-0.3, -0.25) is 19.7 Å². The van der Waals surface area contributed by atoms with Crippen molar-refractivity contribution in [1.29, 1.82) is 0 Å². The monoisotopic (exact) mass is 419 g/mol. The van der Waals surface area contributed by atoms with Gasteiger partial charge in [0.25, 0.3) is 5.91 Å². The van der Waals surface area contributed by atoms with Crippen LogP contribution in [0.25, 0.3) is 11.3 Å². The van der Waals surface area contributed by atoms with Crippen molar-refractivity contribution in [2.24, 2.45) is 5.92 Å². The Balaban J connectivity index is 1.38. The first-order valence-corrected chi connectivity index (χ1v) is 10.4. The number of anilines is 1. The molecule has 1 aliphatic heterocycles. The Labute approximate surface area is 180 Å². The first-order valence-electron chi connectivity index (χ1n) is 10.4. The van der Waals surface area contributed by atoms with E-state index in [1.165, 1.54) is 0 Å². The van der Waals surface area contributed by atoms with Gasteiger partial charge >= 0.3 is 0 Å². The number of aromatic amines is 1. The number of carbonyl (C=O) groups excluding carboxylic acids is 2. The van der Waals surface area contributed by atoms with E-state index in [1.807, 2.05) is 43.3 Å². The minimum absolute atomic E-state index is 0.0812. The molecule has 3 heterocycles. The molecule has 0 radical (unpaired) electrons. The number of H-pyrrole nitrogens is 1. The molecule has 8 heteroatoms. The number of likely N-dealkylation sites (tertiary alicyclic amines) is 1. The standard InChI is InChI=1S/C23H25N5O3/c1-2-31-19-9-7-18(8-10-19)25-22(29)17-6-4-12-28(15-17)23(30)21-13-20(26-27-21)16-5-3-11-24-14-16/h3,5,7-11,13-14,17H,2,4,6,12,15H2,1H3,(H,25,29)(H,26,27)/t17-/m0/s1. The molecule has 1 atom stereocenters. The summed E-state index contributed by atoms with van der Waals surface area (Å²) >= 11 is 0. The van der Waals surface area contributed by atoms with E-state index in [2.05, 4.69) is 20.5 Å². The van der Waals surface area contributed by atoms with E-state index in [4.69, 9.17) is 4.74 Å². The number of rotatable bonds is 6. The van der Waals surface area contributed by atoms with Gasteiger partial charge in [0, 0.05) is 36.7 Å². The quantitative estimate of drug-likeness (QED) is 0.638. The Morgan fingerprint density at radius 3 is 2.84 bits per heavy atom. The molecule has 0 spiro atoms. The second-order valence-corrected chi connectivity index (χ2v) is 7.45. The van der Waals surface area contributed by atoms with E-state index in [1.54, 1.807) is 23.4 Å². The molecular weight excluding hydrogens is 394 g/mol. The lowest BCUT2D eigenvalue weighted by atomic mass is 9.96. The van der Waals surface area contributed by atoms with E-state index < -0.39 is 0 Å². The third-order valence-electron chi connectivity index (χ3n) is 5.28. The van der Waals surface area contributed by atoms with Crippen molar-refractivity contribution in [1.82, 2.24) is 20.1 Å². The van der Waals surface area contributed by atoms with Gasteiger partial charge in [-0.15, -0.1) is 0 Å². The highest BCUT2D eigenvalue weighted by molar-refractivity contribution is 5.95. The van der Waals surface area contributed by atoms with E-state index in [0.29, 0.717) is 36.8 Å². The number of hydrogen-bond acceptors (Lipinski definition) is 5. The zero-order valence-corrected chi connectivity index (χ0v) is 17.4. The normalized spacial score (nSPS) is 16.0. The van der Waals surface area contributed by atoms with E-state index >= 15 is 0 Å². The Bertz CT molecular complexity index is 1030. The third-order valence-corrected chi connectivity index (χ3v) is 5.28. The third kappa shape index (κ3) is 4.91. The summed E-state index contributed by atoms with van der Waals surface area (Å²) in [6, 6.07) is 12.7. The molecule has 8 nitrogen and oxygen atoms in total. The first-order chi connectivity index (χ1) is 15.1. The summed E-state index contributed by atoms with van der Waals surface area (Å²) in [7, 11) is 0. The number of piperidine rings is 1. The zero-order valence-electron chi connectivity index (χ0n) is 17.4. The van der Waals surface area contributed by atoms with Crippen LogP contribution in [0.3, 0.4) is 0 Å². The molecule has 0 bridgehead atoms. The van der Waals surface area contributed by atoms with Crippen molar-refractivity contribution >= 4 is 17.5 Å². The predicted octanol–water partition coefficient (Wildman–Crippen LogP) is 3.36. The van der Waals surface area contributed by atoms with E-state index in [0.717, 1.165) is 24.2 Å². The largest absolute Gasteiger partial charge is 0.494 e. The zero-order chi connectivity index (χ0) is 21.6. The van der Waals surface area contributed by atoms with Gasteiger partial charge in [0.2, 0.25) is 5.91 Å². The lowest BCUT2D eigenvalue weighted by Gasteiger charge is -2.31. The van der Waals surface area contributed by atoms with Crippen LogP contribution in [-0.4, -0.2) is 51.6 Å². The number of carbonyl (C=O) groups is 2. The molecular formula is C23H25N5O3. The van der Waals surface area contributed by atoms with Crippen molar-refractivity contribution in [3.05, 3.63) is 60.6 Å². The van der Waals surface area contributed by atoms with Crippen LogP contribution >= 0.6 is 0 Å². The lowest BCUT2D eigenvalue weighted by molar-refractivity contribution is -0.121. The van der Waals surface area contributed by atoms with Crippen LogP contribution in [-0.2, 0) is 4.79 Å². The number of amides is 2. The summed E-state index contributed by atoms with van der Waals surface area (Å²) in [6.45, 7) is 3.52. The molecule has 0 saturated carbocycles. The summed E-state index contributed by atoms with van der Waals surface area (Å²) < 4.78 is 5.43. The molecule has 0 aliphatic carbocycles. The maximum absolute atomic E-state index is 13.0. The van der Waals surface area contributed by atoms with Crippen molar-refractivity contribution < 1.29 is 14.3 Å². The number of aromatic nitrogens is 3. The van der Waals surface area contributed by atoms with Gasteiger partial charge in [0.1, 0.15) is 11.4 Å². The smallest absolute Gasteiger partial charge is 0.271 e. The van der Waals surface area contributed by atoms with Gasteiger partial charge in [-0.25, -0.2) is 0 Å². The van der Waals surface area contributed by atoms with Gasteiger partial charge in [-0.2, -0.15) is 5.10 Å². The molecule has 1 saturated heterocycles. The van der Waals surface area contributed by atoms with Crippen LogP contribution in [0.5, 0.6) is 5.75 Å². The fourth-order valence-electron chi connectivity index (χ4n) is 3.68. The molecule has 160 valence electrons. The number of ether oxygens (including phenoxy) is 1. The van der Waals surface area contributed by atoms with Crippen molar-refractivity contribution in [2.75, 3.05) is 25.0 Å². The molecule has 2 amide bonds. The number of nitrogens with one attached hydrogen (secondary N) is 2. The molecule has 1 fully saturated rings. The highest BCUT2D eigenvalue weighted by Gasteiger charge is 2.29. The summed E-state index contributed by atoms with van der Waals surface area (Å²) in [5.41, 5.74) is 2.63. The molecule has 31 heavy (non-hydrogen) atoms. The lowest BCUT2D eigenvalue weighted by Crippen LogP contribution is -2.43. The Morgan fingerprint density at radius 1 is 1.26 bits per heavy atom. The summed E-state index contributed by atoms with van der Waals surface area (Å²) in [5, 5.41) is 10.00. The van der Waals surface area contributed by atoms with Crippen LogP contribution in [0.15, 0.2) is 54.9 Å². The van der Waals surface area contributed by atoms with Gasteiger partial charge < -0.3 is 15.0 Å². The van der Waals surface area contributed by atoms with Crippen molar-refractivity contribution in [3.63, 3.8) is 0 Å². The summed E-state index contributed by atoms with van der Waals surface area (Å²) in [4.78, 5) is 31.5. The highest BCUT2D eigenvalue weighted by Crippen LogP contribution is 2.23. The molecule has 1 aromatic carbocycles. The second-order valence-electron chi connectivity index (χ2n) is 7.45. The molecule has 2 aromatic heterocycles. The van der Waals surface area contributed by atoms with Gasteiger partial charge in [-0.1, -0.05) is 0 Å². The Kier molecular flexibility index (Phi) is 6.26. The minimum atomic E-state index is -0.259. The maximum atomic E-state index is 13.0. The van der Waals surface area contributed by atoms with Crippen LogP contribution in [0.1, 0.15) is 30.3 Å². The Hall–Kier alpha value is -3.68. The van der Waals surface area contributed by atoms with Gasteiger partial charge in [0.15, 0.2) is 0 Å². The average Bonchev–Trinajstić information content (AvgIpc) is 3.31. The average molecular weight is 419 g/mol. The molecule has 2 N–H and O–H groups in total. The molecule has 1 aliphatic rings. The fraction of sp³-hybridized carbons (Fsp3) is 0.304. The maximum Gasteiger partial charge on any atom is 0.271 e. The van der Waals surface area contributed by atoms with E-state index in [9.17, 15) is 9.59 Å². The minimum Gasteiger partial charge on any atom is -0.494 e. The van der Waals surface area contributed by atoms with Gasteiger partial charge in [0.05, 0.1) is 18.2 Å². The molecule has 0 unspecified atom stereocenters. The van der Waals surface area contributed by atoms with Crippen LogP contribution in [0, 0.1) is 5.92 Å². The number of nitrogens with zero attached hydrogens (tertiary/aromatic N) is 3. The van der Waals surface area contributed by atoms with E-state index in [-0.39, 0.29) is 17.7 Å². The molecule has 3 aromatic rings. The van der Waals surface area contributed by atoms with Crippen molar-refractivity contribution in [2.45, 2.75) is 19.8 Å². The SMILES string of the molecule is CCOc1ccc(NC(=O)[C@H]2CCCN(C(=O)c3cc(-c4cccnc4)n[nH]3)C2)cc1. The first kappa shape index (κ1) is 20.6. The highest BCUT2D eigenvalue weighted by atomic mass is 16.5. The topological polar surface area (TPSA) is 100 Å². The number of hydrogen-bond donors (Lipinski definition) is 2. The molecule has 4 rings (SSSR count). The van der Waals surface area contributed by atoms with Crippen LogP contribution in [0.4, 0.5) is 5.69 Å². The predicted molar refractivity (Wildman–Crippen MR) is 117 cm³/mol.